The molecule has 0 unspecified atom stereocenters. The summed E-state index contributed by atoms with van der Waals surface area (Å²) in [5, 5.41) is 0. The highest BCUT2D eigenvalue weighted by Gasteiger charge is 2.26. The van der Waals surface area contributed by atoms with Crippen molar-refractivity contribution in [2.45, 2.75) is 6.54 Å². The Bertz CT molecular complexity index is 966. The highest BCUT2D eigenvalue weighted by molar-refractivity contribution is 6.14. The molecule has 0 N–H and O–H groups in total. The van der Waals surface area contributed by atoms with Gasteiger partial charge in [0.1, 0.15) is 17.3 Å². The summed E-state index contributed by atoms with van der Waals surface area (Å²) >= 11 is 0. The quantitative estimate of drug-likeness (QED) is 0.681. The molecule has 0 radical (unpaired) electrons. The second-order valence-electron chi connectivity index (χ2n) is 6.08. The van der Waals surface area contributed by atoms with Crippen LogP contribution in [0.25, 0.3) is 0 Å². The number of fused-ring (bicyclic) bond motifs is 1. The van der Waals surface area contributed by atoms with Crippen LogP contribution in [-0.4, -0.2) is 20.1 Å². The van der Waals surface area contributed by atoms with Crippen LogP contribution in [0.2, 0.25) is 0 Å². The van der Waals surface area contributed by atoms with Crippen molar-refractivity contribution in [1.82, 2.24) is 0 Å². The van der Waals surface area contributed by atoms with Crippen molar-refractivity contribution < 1.29 is 9.47 Å². The van der Waals surface area contributed by atoms with Crippen LogP contribution in [0, 0.1) is 0 Å². The van der Waals surface area contributed by atoms with Crippen LogP contribution in [0.1, 0.15) is 11.1 Å². The first-order valence-electron chi connectivity index (χ1n) is 8.51. The zero-order valence-corrected chi connectivity index (χ0v) is 14.8. The van der Waals surface area contributed by atoms with E-state index in [1.165, 1.54) is 5.56 Å². The molecule has 0 aliphatic carbocycles. The molecule has 4 nitrogen and oxygen atoms in total. The van der Waals surface area contributed by atoms with E-state index in [9.17, 15) is 0 Å². The molecule has 0 aromatic heterocycles. The molecule has 3 aromatic carbocycles. The van der Waals surface area contributed by atoms with E-state index in [4.69, 9.17) is 14.5 Å². The van der Waals surface area contributed by atoms with Gasteiger partial charge in [-0.15, -0.1) is 0 Å². The van der Waals surface area contributed by atoms with Crippen molar-refractivity contribution in [1.29, 1.82) is 0 Å². The van der Waals surface area contributed by atoms with Crippen LogP contribution < -0.4 is 14.4 Å². The zero-order chi connectivity index (χ0) is 17.9. The lowest BCUT2D eigenvalue weighted by Crippen LogP contribution is -2.24. The Labute approximate surface area is 153 Å². The summed E-state index contributed by atoms with van der Waals surface area (Å²) in [5.41, 5.74) is 4.33. The number of ether oxygens (including phenoxy) is 2. The van der Waals surface area contributed by atoms with Crippen molar-refractivity contribution in [2.75, 3.05) is 19.1 Å². The van der Waals surface area contributed by atoms with E-state index in [2.05, 4.69) is 35.2 Å². The lowest BCUT2D eigenvalue weighted by Gasteiger charge is -2.20. The number of hydrogen-bond acceptors (Lipinski definition) is 3. The lowest BCUT2D eigenvalue weighted by molar-refractivity contribution is 0.415. The molecule has 3 aromatic rings. The molecule has 0 saturated heterocycles. The fourth-order valence-corrected chi connectivity index (χ4v) is 3.18. The minimum Gasteiger partial charge on any atom is -0.497 e. The number of rotatable bonds is 4. The van der Waals surface area contributed by atoms with Crippen LogP contribution in [0.5, 0.6) is 11.5 Å². The molecule has 0 saturated carbocycles. The van der Waals surface area contributed by atoms with Crippen molar-refractivity contribution in [3.8, 4) is 11.5 Å². The number of aliphatic imine (C=N–C) groups is 1. The van der Waals surface area contributed by atoms with Crippen molar-refractivity contribution in [3.05, 3.63) is 83.9 Å². The molecule has 26 heavy (non-hydrogen) atoms. The van der Waals surface area contributed by atoms with Crippen LogP contribution in [0.4, 0.5) is 11.4 Å². The van der Waals surface area contributed by atoms with Gasteiger partial charge in [0.05, 0.1) is 26.5 Å². The second kappa shape index (κ2) is 6.92. The van der Waals surface area contributed by atoms with Crippen LogP contribution in [-0.2, 0) is 6.54 Å². The molecule has 0 bridgehead atoms. The lowest BCUT2D eigenvalue weighted by atomic mass is 10.1. The molecule has 0 amide bonds. The first-order valence-corrected chi connectivity index (χ1v) is 8.51. The third-order valence-electron chi connectivity index (χ3n) is 4.50. The van der Waals surface area contributed by atoms with Gasteiger partial charge in [-0.3, -0.25) is 0 Å². The number of nitrogens with zero attached hydrogens (tertiary/aromatic N) is 2. The van der Waals surface area contributed by atoms with Gasteiger partial charge in [-0.1, -0.05) is 36.4 Å². The van der Waals surface area contributed by atoms with E-state index in [0.717, 1.165) is 40.8 Å². The van der Waals surface area contributed by atoms with E-state index in [-0.39, 0.29) is 0 Å². The van der Waals surface area contributed by atoms with Gasteiger partial charge in [0.2, 0.25) is 0 Å². The van der Waals surface area contributed by atoms with Gasteiger partial charge in [-0.2, -0.15) is 0 Å². The Balaban J connectivity index is 1.82. The van der Waals surface area contributed by atoms with Crippen molar-refractivity contribution in [2.24, 2.45) is 4.99 Å². The SMILES string of the molecule is COc1cccc(N=C2c3ccccc3CN2c2cccc(OC)c2)c1. The van der Waals surface area contributed by atoms with Crippen LogP contribution >= 0.6 is 0 Å². The van der Waals surface area contributed by atoms with E-state index >= 15 is 0 Å². The van der Waals surface area contributed by atoms with Crippen molar-refractivity contribution >= 4 is 17.2 Å². The monoisotopic (exact) mass is 344 g/mol. The summed E-state index contributed by atoms with van der Waals surface area (Å²) in [7, 11) is 3.35. The van der Waals surface area contributed by atoms with Gasteiger partial charge in [0.25, 0.3) is 0 Å². The standard InChI is InChI=1S/C22H20N2O2/c1-25-19-10-5-8-17(13-19)23-22-21-12-4-3-7-16(21)15-24(22)18-9-6-11-20(14-18)26-2/h3-14H,15H2,1-2H3. The van der Waals surface area contributed by atoms with E-state index in [1.807, 2.05) is 42.5 Å². The third-order valence-corrected chi connectivity index (χ3v) is 4.50. The Morgan fingerprint density at radius 1 is 0.808 bits per heavy atom. The minimum atomic E-state index is 0.784. The smallest absolute Gasteiger partial charge is 0.141 e. The number of amidine groups is 1. The van der Waals surface area contributed by atoms with E-state index in [1.54, 1.807) is 14.2 Å². The number of anilines is 1. The van der Waals surface area contributed by atoms with Crippen LogP contribution in [0.15, 0.2) is 77.8 Å². The number of benzene rings is 3. The van der Waals surface area contributed by atoms with Gasteiger partial charge in [-0.05, 0) is 29.8 Å². The van der Waals surface area contributed by atoms with Gasteiger partial charge in [0, 0.05) is 23.4 Å². The molecule has 0 fully saturated rings. The normalized spacial score (nSPS) is 14.4. The third kappa shape index (κ3) is 3.02. The van der Waals surface area contributed by atoms with Gasteiger partial charge in [-0.25, -0.2) is 4.99 Å². The topological polar surface area (TPSA) is 34.1 Å². The fraction of sp³-hybridized carbons (Fsp3) is 0.136. The van der Waals surface area contributed by atoms with E-state index < -0.39 is 0 Å². The van der Waals surface area contributed by atoms with E-state index in [0.29, 0.717) is 0 Å². The second-order valence-corrected chi connectivity index (χ2v) is 6.08. The highest BCUT2D eigenvalue weighted by Crippen LogP contribution is 2.32. The summed E-state index contributed by atoms with van der Waals surface area (Å²) in [6.45, 7) is 0.784. The van der Waals surface area contributed by atoms with Gasteiger partial charge >= 0.3 is 0 Å². The highest BCUT2D eigenvalue weighted by atomic mass is 16.5. The molecule has 1 heterocycles. The predicted octanol–water partition coefficient (Wildman–Crippen LogP) is 4.80. The maximum absolute atomic E-state index is 5.39. The summed E-state index contributed by atoms with van der Waals surface area (Å²) in [5.74, 6) is 2.56. The fourth-order valence-electron chi connectivity index (χ4n) is 3.18. The summed E-state index contributed by atoms with van der Waals surface area (Å²) in [4.78, 5) is 7.16. The largest absolute Gasteiger partial charge is 0.497 e. The average Bonchev–Trinajstić information content (AvgIpc) is 3.07. The molecule has 130 valence electrons. The Morgan fingerprint density at radius 2 is 1.54 bits per heavy atom. The molecular formula is C22H20N2O2. The Morgan fingerprint density at radius 3 is 2.35 bits per heavy atom. The summed E-state index contributed by atoms with van der Waals surface area (Å²) in [6, 6.07) is 24.3. The summed E-state index contributed by atoms with van der Waals surface area (Å²) < 4.78 is 10.7. The van der Waals surface area contributed by atoms with Crippen molar-refractivity contribution in [3.63, 3.8) is 0 Å². The molecule has 1 aliphatic heterocycles. The van der Waals surface area contributed by atoms with Gasteiger partial charge in [0.15, 0.2) is 0 Å². The molecule has 4 rings (SSSR count). The van der Waals surface area contributed by atoms with Crippen LogP contribution in [0.3, 0.4) is 0 Å². The summed E-state index contributed by atoms with van der Waals surface area (Å²) in [6.07, 6.45) is 0. The van der Waals surface area contributed by atoms with Gasteiger partial charge < -0.3 is 14.4 Å². The number of hydrogen-bond donors (Lipinski definition) is 0. The zero-order valence-electron chi connectivity index (χ0n) is 14.8. The Kier molecular flexibility index (Phi) is 4.32. The molecule has 4 heteroatoms. The molecule has 1 aliphatic rings. The number of methoxy groups -OCH3 is 2. The first kappa shape index (κ1) is 16.2. The molecule has 0 atom stereocenters. The first-order chi connectivity index (χ1) is 12.8. The maximum atomic E-state index is 5.39. The Hall–Kier alpha value is -3.27. The molecular weight excluding hydrogens is 324 g/mol. The maximum Gasteiger partial charge on any atom is 0.141 e. The minimum absolute atomic E-state index is 0.784. The predicted molar refractivity (Wildman–Crippen MR) is 105 cm³/mol. The molecule has 0 spiro atoms. The average molecular weight is 344 g/mol.